The Labute approximate surface area is 88.5 Å². The standard InChI is InChI=1S/C8H17O2PS2/c1-4-6-12-11(10,8(3)9)13-7-5-2/h4-7H2,1-3H3. The maximum atomic E-state index is 12.0. The molecule has 0 bridgehead atoms. The van der Waals surface area contributed by atoms with Gasteiger partial charge in [-0.25, -0.2) is 0 Å². The van der Waals surface area contributed by atoms with Crippen molar-refractivity contribution < 1.29 is 9.36 Å². The smallest absolute Gasteiger partial charge is 0.253 e. The maximum absolute atomic E-state index is 12.0. The van der Waals surface area contributed by atoms with Gasteiger partial charge in [-0.05, 0) is 12.8 Å². The van der Waals surface area contributed by atoms with Crippen LogP contribution in [0, 0.1) is 0 Å². The van der Waals surface area contributed by atoms with Crippen molar-refractivity contribution >= 4 is 33.8 Å². The molecular formula is C8H17O2PS2. The number of hydrogen-bond acceptors (Lipinski definition) is 4. The van der Waals surface area contributed by atoms with Gasteiger partial charge in [0.05, 0.1) is 0 Å². The van der Waals surface area contributed by atoms with Crippen molar-refractivity contribution in [2.24, 2.45) is 0 Å². The first-order valence-electron chi connectivity index (χ1n) is 4.47. The molecule has 0 atom stereocenters. The summed E-state index contributed by atoms with van der Waals surface area (Å²) in [5.74, 6) is 1.63. The van der Waals surface area contributed by atoms with E-state index in [1.165, 1.54) is 29.7 Å². The van der Waals surface area contributed by atoms with Crippen molar-refractivity contribution in [1.82, 2.24) is 0 Å². The molecule has 0 aromatic heterocycles. The Bertz CT molecular complexity index is 194. The van der Waals surface area contributed by atoms with Crippen molar-refractivity contribution in [3.8, 4) is 0 Å². The number of carbonyl (C=O) groups excluding carboxylic acids is 1. The highest BCUT2D eigenvalue weighted by atomic mass is 33.1. The van der Waals surface area contributed by atoms with E-state index in [1.54, 1.807) is 0 Å². The summed E-state index contributed by atoms with van der Waals surface area (Å²) < 4.78 is 12.0. The Morgan fingerprint density at radius 1 is 1.15 bits per heavy atom. The van der Waals surface area contributed by atoms with Crippen molar-refractivity contribution in [1.29, 1.82) is 0 Å². The molecule has 0 aliphatic carbocycles. The molecule has 0 unspecified atom stereocenters. The lowest BCUT2D eigenvalue weighted by atomic mass is 10.6. The molecule has 2 nitrogen and oxygen atoms in total. The van der Waals surface area contributed by atoms with Gasteiger partial charge in [0.1, 0.15) is 0 Å². The van der Waals surface area contributed by atoms with Gasteiger partial charge in [-0.1, -0.05) is 36.6 Å². The fraction of sp³-hybridized carbons (Fsp3) is 0.875. The van der Waals surface area contributed by atoms with E-state index in [9.17, 15) is 9.36 Å². The van der Waals surface area contributed by atoms with Crippen LogP contribution in [0.15, 0.2) is 0 Å². The fourth-order valence-electron chi connectivity index (χ4n) is 0.642. The van der Waals surface area contributed by atoms with Gasteiger partial charge in [0.2, 0.25) is 5.52 Å². The van der Waals surface area contributed by atoms with Gasteiger partial charge in [0.25, 0.3) is 5.55 Å². The molecule has 0 aromatic rings. The zero-order chi connectivity index (χ0) is 10.3. The van der Waals surface area contributed by atoms with E-state index in [-0.39, 0.29) is 5.52 Å². The average Bonchev–Trinajstić information content (AvgIpc) is 2.11. The van der Waals surface area contributed by atoms with Gasteiger partial charge >= 0.3 is 0 Å². The zero-order valence-corrected chi connectivity index (χ0v) is 10.9. The maximum Gasteiger partial charge on any atom is 0.253 e. The van der Waals surface area contributed by atoms with E-state index < -0.39 is 5.55 Å². The van der Waals surface area contributed by atoms with E-state index in [2.05, 4.69) is 0 Å². The van der Waals surface area contributed by atoms with Gasteiger partial charge in [-0.3, -0.25) is 9.36 Å². The Hall–Kier alpha value is 0.600. The first kappa shape index (κ1) is 13.6. The highest BCUT2D eigenvalue weighted by Gasteiger charge is 2.28. The molecule has 0 aliphatic heterocycles. The largest absolute Gasteiger partial charge is 0.292 e. The predicted octanol–water partition coefficient (Wildman–Crippen LogP) is 4.01. The summed E-state index contributed by atoms with van der Waals surface area (Å²) in [7, 11) is 0. The minimum absolute atomic E-state index is 0.149. The van der Waals surface area contributed by atoms with Crippen LogP contribution in [0.4, 0.5) is 0 Å². The summed E-state index contributed by atoms with van der Waals surface area (Å²) in [6.45, 7) is 5.50. The van der Waals surface area contributed by atoms with E-state index in [1.807, 2.05) is 13.8 Å². The molecule has 0 heterocycles. The van der Waals surface area contributed by atoms with Crippen LogP contribution in [0.25, 0.3) is 0 Å². The van der Waals surface area contributed by atoms with Crippen molar-refractivity contribution in [2.75, 3.05) is 11.5 Å². The third kappa shape index (κ3) is 5.14. The van der Waals surface area contributed by atoms with Crippen LogP contribution in [0.5, 0.6) is 0 Å². The number of hydrogen-bond donors (Lipinski definition) is 0. The van der Waals surface area contributed by atoms with Crippen LogP contribution < -0.4 is 0 Å². The molecule has 13 heavy (non-hydrogen) atoms. The number of carbonyl (C=O) groups is 1. The summed E-state index contributed by atoms with van der Waals surface area (Å²) in [5.41, 5.74) is -2.78. The molecule has 0 saturated heterocycles. The molecule has 0 aromatic carbocycles. The second kappa shape index (κ2) is 6.97. The first-order valence-corrected chi connectivity index (χ1v) is 9.36. The minimum Gasteiger partial charge on any atom is -0.292 e. The van der Waals surface area contributed by atoms with E-state index in [4.69, 9.17) is 0 Å². The van der Waals surface area contributed by atoms with Gasteiger partial charge in [0.15, 0.2) is 0 Å². The lowest BCUT2D eigenvalue weighted by Crippen LogP contribution is -1.89. The lowest BCUT2D eigenvalue weighted by molar-refractivity contribution is -0.109. The second-order valence-electron chi connectivity index (χ2n) is 2.68. The number of rotatable bonds is 7. The quantitative estimate of drug-likeness (QED) is 0.630. The molecule has 0 spiro atoms. The van der Waals surface area contributed by atoms with Gasteiger partial charge in [-0.15, -0.1) is 0 Å². The van der Waals surface area contributed by atoms with Crippen LogP contribution in [-0.2, 0) is 9.36 Å². The molecule has 0 aliphatic rings. The molecular weight excluding hydrogens is 223 g/mol. The molecule has 0 amide bonds. The summed E-state index contributed by atoms with van der Waals surface area (Å²) in [6, 6.07) is 0. The molecule has 0 N–H and O–H groups in total. The molecule has 5 heteroatoms. The Morgan fingerprint density at radius 3 is 1.77 bits per heavy atom. The Morgan fingerprint density at radius 2 is 1.54 bits per heavy atom. The van der Waals surface area contributed by atoms with Crippen LogP contribution in [0.2, 0.25) is 0 Å². The summed E-state index contributed by atoms with van der Waals surface area (Å²) in [4.78, 5) is 11.2. The molecule has 78 valence electrons. The highest BCUT2D eigenvalue weighted by molar-refractivity contribution is 8.94. The third-order valence-corrected chi connectivity index (χ3v) is 10.5. The van der Waals surface area contributed by atoms with Crippen molar-refractivity contribution in [3.63, 3.8) is 0 Å². The second-order valence-corrected chi connectivity index (χ2v) is 11.0. The van der Waals surface area contributed by atoms with Crippen LogP contribution in [0.1, 0.15) is 33.6 Å². The summed E-state index contributed by atoms with van der Waals surface area (Å²) in [5, 5.41) is 0. The monoisotopic (exact) mass is 240 g/mol. The molecule has 0 saturated carbocycles. The van der Waals surface area contributed by atoms with Crippen molar-refractivity contribution in [2.45, 2.75) is 33.6 Å². The minimum atomic E-state index is -2.63. The fourth-order valence-corrected chi connectivity index (χ4v) is 7.79. The Kier molecular flexibility index (Phi) is 7.29. The summed E-state index contributed by atoms with van der Waals surface area (Å²) in [6.07, 6.45) is 1.93. The van der Waals surface area contributed by atoms with E-state index >= 15 is 0 Å². The predicted molar refractivity (Wildman–Crippen MR) is 63.8 cm³/mol. The Balaban J connectivity index is 4.18. The topological polar surface area (TPSA) is 34.1 Å². The van der Waals surface area contributed by atoms with Gasteiger partial charge in [-0.2, -0.15) is 0 Å². The normalized spacial score (nSPS) is 11.6. The van der Waals surface area contributed by atoms with Crippen LogP contribution in [0.3, 0.4) is 0 Å². The zero-order valence-electron chi connectivity index (χ0n) is 8.41. The van der Waals surface area contributed by atoms with E-state index in [0.717, 1.165) is 24.3 Å². The van der Waals surface area contributed by atoms with E-state index in [0.29, 0.717) is 0 Å². The highest BCUT2D eigenvalue weighted by Crippen LogP contribution is 2.69. The average molecular weight is 240 g/mol. The SMILES string of the molecule is CCCSP(=O)(SCCC)C(C)=O. The van der Waals surface area contributed by atoms with Gasteiger partial charge < -0.3 is 0 Å². The summed E-state index contributed by atoms with van der Waals surface area (Å²) >= 11 is 2.68. The van der Waals surface area contributed by atoms with Crippen LogP contribution >= 0.6 is 28.3 Å². The molecule has 0 fully saturated rings. The van der Waals surface area contributed by atoms with Crippen LogP contribution in [-0.4, -0.2) is 17.0 Å². The first-order chi connectivity index (χ1) is 6.06. The third-order valence-electron chi connectivity index (χ3n) is 1.32. The lowest BCUT2D eigenvalue weighted by Gasteiger charge is -2.12. The van der Waals surface area contributed by atoms with Crippen molar-refractivity contribution in [3.05, 3.63) is 0 Å². The molecule has 0 rings (SSSR count). The molecule has 0 radical (unpaired) electrons. The van der Waals surface area contributed by atoms with Gasteiger partial charge in [0, 0.05) is 18.4 Å².